The van der Waals surface area contributed by atoms with Crippen LogP contribution in [0.2, 0.25) is 0 Å². The van der Waals surface area contributed by atoms with Crippen molar-refractivity contribution >= 4 is 33.9 Å². The minimum atomic E-state index is -0.357. The Morgan fingerprint density at radius 3 is 2.67 bits per heavy atom. The number of ether oxygens (including phenoxy) is 2. The first-order valence-corrected chi connectivity index (χ1v) is 7.14. The maximum Gasteiger partial charge on any atom is 0.307 e. The Bertz CT molecular complexity index is 497. The van der Waals surface area contributed by atoms with Crippen molar-refractivity contribution in [2.75, 3.05) is 33.9 Å². The highest BCUT2D eigenvalue weighted by molar-refractivity contribution is 9.10. The maximum absolute atomic E-state index is 12.1. The van der Waals surface area contributed by atoms with Gasteiger partial charge in [0, 0.05) is 26.3 Å². The Balaban J connectivity index is 2.60. The summed E-state index contributed by atoms with van der Waals surface area (Å²) < 4.78 is 15.4. The Morgan fingerprint density at radius 1 is 1.33 bits per heavy atom. The second kappa shape index (κ2) is 9.36. The summed E-state index contributed by atoms with van der Waals surface area (Å²) in [6.07, 6.45) is 3.12. The molecule has 6 nitrogen and oxygen atoms in total. The lowest BCUT2D eigenvalue weighted by Crippen LogP contribution is -2.34. The normalized spacial score (nSPS) is 10.8. The van der Waals surface area contributed by atoms with Gasteiger partial charge in [-0.1, -0.05) is 0 Å². The zero-order valence-corrected chi connectivity index (χ0v) is 13.6. The van der Waals surface area contributed by atoms with Crippen LogP contribution in [0.4, 0.5) is 0 Å². The van der Waals surface area contributed by atoms with E-state index in [-0.39, 0.29) is 24.8 Å². The van der Waals surface area contributed by atoms with Gasteiger partial charge in [-0.05, 0) is 34.1 Å². The number of halogens is 1. The zero-order chi connectivity index (χ0) is 15.7. The summed E-state index contributed by atoms with van der Waals surface area (Å²) in [7, 11) is 2.87. The number of carbonyl (C=O) groups is 2. The third-order valence-electron chi connectivity index (χ3n) is 2.67. The Kier molecular flexibility index (Phi) is 7.78. The molecule has 116 valence electrons. The average molecular weight is 360 g/mol. The predicted molar refractivity (Wildman–Crippen MR) is 80.5 cm³/mol. The highest BCUT2D eigenvalue weighted by atomic mass is 79.9. The summed E-state index contributed by atoms with van der Waals surface area (Å²) in [6.45, 7) is 1.08. The molecule has 0 spiro atoms. The van der Waals surface area contributed by atoms with Crippen LogP contribution in [-0.2, 0) is 19.1 Å². The molecule has 0 aromatic carbocycles. The number of methoxy groups -OCH3 is 2. The molecule has 1 amide bonds. The van der Waals surface area contributed by atoms with E-state index in [9.17, 15) is 9.59 Å². The molecule has 0 saturated heterocycles. The van der Waals surface area contributed by atoms with E-state index >= 15 is 0 Å². The number of carbonyl (C=O) groups excluding carboxylic acids is 2. The number of furan rings is 1. The average Bonchev–Trinajstić information content (AvgIpc) is 2.90. The van der Waals surface area contributed by atoms with Gasteiger partial charge in [0.2, 0.25) is 5.91 Å². The van der Waals surface area contributed by atoms with Crippen molar-refractivity contribution in [3.05, 3.63) is 28.6 Å². The molecule has 1 heterocycles. The van der Waals surface area contributed by atoms with E-state index in [2.05, 4.69) is 20.7 Å². The summed E-state index contributed by atoms with van der Waals surface area (Å²) in [5.41, 5.74) is 0. The lowest BCUT2D eigenvalue weighted by Gasteiger charge is -2.20. The van der Waals surface area contributed by atoms with Crippen LogP contribution in [-0.4, -0.2) is 50.7 Å². The van der Waals surface area contributed by atoms with E-state index < -0.39 is 0 Å². The topological polar surface area (TPSA) is 69.0 Å². The first kappa shape index (κ1) is 17.5. The van der Waals surface area contributed by atoms with Crippen molar-refractivity contribution in [2.24, 2.45) is 0 Å². The summed E-state index contributed by atoms with van der Waals surface area (Å²) in [5, 5.41) is 0. The highest BCUT2D eigenvalue weighted by Gasteiger charge is 2.13. The number of rotatable bonds is 8. The molecule has 1 aromatic heterocycles. The monoisotopic (exact) mass is 359 g/mol. The molecule has 1 rings (SSSR count). The molecule has 0 aliphatic rings. The summed E-state index contributed by atoms with van der Waals surface area (Å²) in [6, 6.07) is 3.48. The molecule has 21 heavy (non-hydrogen) atoms. The number of amides is 1. The molecule has 0 saturated carbocycles. The van der Waals surface area contributed by atoms with Gasteiger partial charge >= 0.3 is 5.97 Å². The SMILES string of the molecule is COCCN(CCC(=O)OC)C(=O)/C=C/c1ccc(Br)o1. The van der Waals surface area contributed by atoms with E-state index in [4.69, 9.17) is 9.15 Å². The van der Waals surface area contributed by atoms with Gasteiger partial charge in [0.05, 0.1) is 20.1 Å². The standard InChI is InChI=1S/C14H18BrNO5/c1-19-10-9-16(8-7-14(18)20-2)13(17)6-4-11-3-5-12(15)21-11/h3-6H,7-10H2,1-2H3/b6-4+. The Labute approximate surface area is 131 Å². The van der Waals surface area contributed by atoms with Crippen LogP contribution in [0.15, 0.2) is 27.3 Å². The van der Waals surface area contributed by atoms with Crippen LogP contribution < -0.4 is 0 Å². The van der Waals surface area contributed by atoms with Gasteiger partial charge in [0.15, 0.2) is 4.67 Å². The van der Waals surface area contributed by atoms with E-state index in [1.54, 1.807) is 25.3 Å². The molecule has 0 radical (unpaired) electrons. The lowest BCUT2D eigenvalue weighted by atomic mass is 10.3. The van der Waals surface area contributed by atoms with E-state index in [0.717, 1.165) is 0 Å². The molecule has 0 bridgehead atoms. The van der Waals surface area contributed by atoms with Gasteiger partial charge in [-0.15, -0.1) is 0 Å². The van der Waals surface area contributed by atoms with Gasteiger partial charge in [-0.2, -0.15) is 0 Å². The van der Waals surface area contributed by atoms with Crippen LogP contribution in [0.1, 0.15) is 12.2 Å². The van der Waals surface area contributed by atoms with E-state index in [1.165, 1.54) is 18.1 Å². The largest absolute Gasteiger partial charge is 0.469 e. The molecule has 7 heteroatoms. The van der Waals surface area contributed by atoms with E-state index in [1.807, 2.05) is 0 Å². The fraction of sp³-hybridized carbons (Fsp3) is 0.429. The first-order chi connectivity index (χ1) is 10.1. The number of hydrogen-bond donors (Lipinski definition) is 0. The van der Waals surface area contributed by atoms with Crippen molar-refractivity contribution in [3.63, 3.8) is 0 Å². The summed E-state index contributed by atoms with van der Waals surface area (Å²) in [4.78, 5) is 24.8. The van der Waals surface area contributed by atoms with Gasteiger partial charge < -0.3 is 18.8 Å². The zero-order valence-electron chi connectivity index (χ0n) is 12.0. The van der Waals surface area contributed by atoms with E-state index in [0.29, 0.717) is 23.6 Å². The van der Waals surface area contributed by atoms with Crippen molar-refractivity contribution in [1.29, 1.82) is 0 Å². The molecular formula is C14H18BrNO5. The minimum Gasteiger partial charge on any atom is -0.469 e. The van der Waals surface area contributed by atoms with Crippen LogP contribution in [0.5, 0.6) is 0 Å². The second-order valence-electron chi connectivity index (χ2n) is 4.12. The fourth-order valence-electron chi connectivity index (χ4n) is 1.54. The third-order valence-corrected chi connectivity index (χ3v) is 3.10. The smallest absolute Gasteiger partial charge is 0.307 e. The summed E-state index contributed by atoms with van der Waals surface area (Å²) in [5.74, 6) is -0.0116. The molecule has 0 fully saturated rings. The highest BCUT2D eigenvalue weighted by Crippen LogP contribution is 2.15. The van der Waals surface area contributed by atoms with Crippen LogP contribution in [0.3, 0.4) is 0 Å². The van der Waals surface area contributed by atoms with Gasteiger partial charge in [0.25, 0.3) is 0 Å². The van der Waals surface area contributed by atoms with Gasteiger partial charge in [-0.3, -0.25) is 9.59 Å². The molecular weight excluding hydrogens is 342 g/mol. The first-order valence-electron chi connectivity index (χ1n) is 6.35. The molecule has 0 unspecified atom stereocenters. The maximum atomic E-state index is 12.1. The molecule has 0 aliphatic heterocycles. The molecule has 1 aromatic rings. The Hall–Kier alpha value is -1.60. The molecule has 0 N–H and O–H groups in total. The van der Waals surface area contributed by atoms with Crippen molar-refractivity contribution in [1.82, 2.24) is 4.90 Å². The van der Waals surface area contributed by atoms with Crippen LogP contribution >= 0.6 is 15.9 Å². The van der Waals surface area contributed by atoms with Crippen molar-refractivity contribution in [3.8, 4) is 0 Å². The predicted octanol–water partition coefficient (Wildman–Crippen LogP) is 2.09. The third kappa shape index (κ3) is 6.59. The second-order valence-corrected chi connectivity index (χ2v) is 4.90. The number of esters is 1. The Morgan fingerprint density at radius 2 is 2.10 bits per heavy atom. The molecule has 0 aliphatic carbocycles. The number of hydrogen-bond acceptors (Lipinski definition) is 5. The number of nitrogens with zero attached hydrogens (tertiary/aromatic N) is 1. The lowest BCUT2D eigenvalue weighted by molar-refractivity contribution is -0.141. The van der Waals surface area contributed by atoms with Gasteiger partial charge in [0.1, 0.15) is 5.76 Å². The van der Waals surface area contributed by atoms with Crippen molar-refractivity contribution < 1.29 is 23.5 Å². The summed E-state index contributed by atoms with van der Waals surface area (Å²) >= 11 is 3.19. The van der Waals surface area contributed by atoms with Crippen LogP contribution in [0.25, 0.3) is 6.08 Å². The van der Waals surface area contributed by atoms with Gasteiger partial charge in [-0.25, -0.2) is 0 Å². The van der Waals surface area contributed by atoms with Crippen LogP contribution in [0, 0.1) is 0 Å². The van der Waals surface area contributed by atoms with Crippen molar-refractivity contribution in [2.45, 2.75) is 6.42 Å². The quantitative estimate of drug-likeness (QED) is 0.525. The molecule has 0 atom stereocenters. The fourth-order valence-corrected chi connectivity index (χ4v) is 1.86. The minimum absolute atomic E-state index is 0.145.